The van der Waals surface area contributed by atoms with E-state index in [-0.39, 0.29) is 11.7 Å². The molecule has 3 heterocycles. The molecule has 1 unspecified atom stereocenters. The lowest BCUT2D eigenvalue weighted by atomic mass is 9.83. The number of nitrogens with zero attached hydrogens (tertiary/aromatic N) is 5. The fraction of sp³-hybridized carbons (Fsp3) is 0.818. The van der Waals surface area contributed by atoms with Gasteiger partial charge in [0.15, 0.2) is 0 Å². The predicted molar refractivity (Wildman–Crippen MR) is 124 cm³/mol. The number of ether oxygens (including phenoxy) is 2. The van der Waals surface area contributed by atoms with Crippen LogP contribution in [0.25, 0.3) is 0 Å². The van der Waals surface area contributed by atoms with Crippen LogP contribution < -0.4 is 9.80 Å². The predicted octanol–water partition coefficient (Wildman–Crippen LogP) is 3.84. The van der Waals surface area contributed by atoms with Gasteiger partial charge in [-0.1, -0.05) is 31.2 Å². The quantitative estimate of drug-likeness (QED) is 0.559. The van der Waals surface area contributed by atoms with Crippen LogP contribution in [0.1, 0.15) is 44.9 Å². The monoisotopic (exact) mass is 489 g/mol. The molecule has 4 rings (SSSR count). The first-order valence-electron chi connectivity index (χ1n) is 11.8. The summed E-state index contributed by atoms with van der Waals surface area (Å²) in [6.07, 6.45) is 2.57. The maximum absolute atomic E-state index is 13.8. The Morgan fingerprint density at radius 2 is 1.97 bits per heavy atom. The molecule has 7 nitrogen and oxygen atoms in total. The van der Waals surface area contributed by atoms with E-state index in [2.05, 4.69) is 14.3 Å². The molecule has 2 aliphatic heterocycles. The Hall–Kier alpha value is -1.30. The van der Waals surface area contributed by atoms with Crippen molar-refractivity contribution in [3.63, 3.8) is 0 Å². The smallest absolute Gasteiger partial charge is 0.374 e. The van der Waals surface area contributed by atoms with Crippen molar-refractivity contribution in [2.24, 2.45) is 0 Å². The Balaban J connectivity index is 1.59. The second-order valence-corrected chi connectivity index (χ2v) is 9.90. The number of anilines is 2. The number of rotatable bonds is 6. The van der Waals surface area contributed by atoms with E-state index in [0.717, 1.165) is 38.8 Å². The molecular formula is C22H34F3N5O2S. The third-order valence-electron chi connectivity index (χ3n) is 6.78. The number of morpholine rings is 2. The van der Waals surface area contributed by atoms with Crippen LogP contribution in [0.3, 0.4) is 0 Å². The fourth-order valence-corrected chi connectivity index (χ4v) is 5.58. The van der Waals surface area contributed by atoms with Gasteiger partial charge in [0.25, 0.3) is 0 Å². The number of aromatic nitrogens is 2. The molecule has 1 aliphatic carbocycles. The molecule has 11 heteroatoms. The molecule has 33 heavy (non-hydrogen) atoms. The van der Waals surface area contributed by atoms with Gasteiger partial charge in [0.2, 0.25) is 5.82 Å². The average molecular weight is 490 g/mol. The van der Waals surface area contributed by atoms with Crippen molar-refractivity contribution >= 4 is 23.6 Å². The molecule has 0 amide bonds. The lowest BCUT2D eigenvalue weighted by molar-refractivity contribution is -0.144. The molecule has 1 aromatic heterocycles. The highest BCUT2D eigenvalue weighted by Crippen LogP contribution is 2.37. The summed E-state index contributed by atoms with van der Waals surface area (Å²) in [6.45, 7) is 6.72. The minimum absolute atomic E-state index is 0.0900. The summed E-state index contributed by atoms with van der Waals surface area (Å²) in [7, 11) is 0. The Morgan fingerprint density at radius 3 is 2.67 bits per heavy atom. The Labute approximate surface area is 198 Å². The summed E-state index contributed by atoms with van der Waals surface area (Å²) >= 11 is 1.66. The van der Waals surface area contributed by atoms with Gasteiger partial charge in [-0.3, -0.25) is 0 Å². The second kappa shape index (κ2) is 10.5. The van der Waals surface area contributed by atoms with E-state index < -0.39 is 12.0 Å². The normalized spacial score (nSPS) is 24.3. The summed E-state index contributed by atoms with van der Waals surface area (Å²) in [5.74, 6) is -0.467. The fourth-order valence-electron chi connectivity index (χ4n) is 5.01. The summed E-state index contributed by atoms with van der Waals surface area (Å²) in [4.78, 5) is 11.7. The number of halogens is 3. The standard InChI is InChI=1S/C22H34F3N5O2S/c1-3-28(14-17-15-30(33-2)10-11-31-17)18-13-19(27-20(26-18)22(23,24)25)29-9-12-32-21(16-29)7-5-4-6-8-21/h13,17H,3-12,14-16H2,1-2H3. The first kappa shape index (κ1) is 24.8. The van der Waals surface area contributed by atoms with Crippen molar-refractivity contribution in [2.45, 2.75) is 56.9 Å². The SMILES string of the molecule is CCN(CC1CN(SC)CCO1)c1cc(N2CCOC3(CCCCC3)C2)nc(C(F)(F)F)n1. The third-order valence-corrected chi connectivity index (χ3v) is 7.63. The van der Waals surface area contributed by atoms with Gasteiger partial charge in [0.1, 0.15) is 11.6 Å². The number of hydrogen-bond donors (Lipinski definition) is 0. The first-order chi connectivity index (χ1) is 15.8. The minimum Gasteiger partial charge on any atom is -0.374 e. The molecule has 1 aromatic rings. The molecule has 3 aliphatic rings. The van der Waals surface area contributed by atoms with Crippen LogP contribution >= 0.6 is 11.9 Å². The van der Waals surface area contributed by atoms with Crippen molar-refractivity contribution in [3.05, 3.63) is 11.9 Å². The number of likely N-dealkylation sites (N-methyl/N-ethyl adjacent to an activating group) is 1. The third kappa shape index (κ3) is 6.04. The van der Waals surface area contributed by atoms with Crippen molar-refractivity contribution < 1.29 is 22.6 Å². The highest BCUT2D eigenvalue weighted by molar-refractivity contribution is 7.96. The number of hydrogen-bond acceptors (Lipinski definition) is 8. The largest absolute Gasteiger partial charge is 0.451 e. The molecule has 3 fully saturated rings. The molecular weight excluding hydrogens is 455 g/mol. The Bertz CT molecular complexity index is 788. The van der Waals surface area contributed by atoms with Crippen LogP contribution in [0.4, 0.5) is 24.8 Å². The van der Waals surface area contributed by atoms with E-state index in [1.807, 2.05) is 23.0 Å². The molecule has 186 valence electrons. The van der Waals surface area contributed by atoms with Crippen LogP contribution in [0.5, 0.6) is 0 Å². The summed E-state index contributed by atoms with van der Waals surface area (Å²) < 4.78 is 55.5. The van der Waals surface area contributed by atoms with E-state index >= 15 is 0 Å². The van der Waals surface area contributed by atoms with Crippen LogP contribution in [-0.4, -0.2) is 84.7 Å². The van der Waals surface area contributed by atoms with Gasteiger partial charge >= 0.3 is 6.18 Å². The summed E-state index contributed by atoms with van der Waals surface area (Å²) in [5.41, 5.74) is -0.276. The minimum atomic E-state index is -4.62. The molecule has 2 saturated heterocycles. The zero-order valence-corrected chi connectivity index (χ0v) is 20.3. The second-order valence-electron chi connectivity index (χ2n) is 9.02. The maximum Gasteiger partial charge on any atom is 0.451 e. The van der Waals surface area contributed by atoms with Gasteiger partial charge in [0.05, 0.1) is 24.9 Å². The lowest BCUT2D eigenvalue weighted by Crippen LogP contribution is -2.53. The topological polar surface area (TPSA) is 54.0 Å². The molecule has 0 aromatic carbocycles. The maximum atomic E-state index is 13.8. The molecule has 1 atom stereocenters. The summed E-state index contributed by atoms with van der Waals surface area (Å²) in [5, 5.41) is 0. The van der Waals surface area contributed by atoms with Crippen molar-refractivity contribution in [2.75, 3.05) is 68.5 Å². The van der Waals surface area contributed by atoms with Crippen LogP contribution in [0.15, 0.2) is 6.07 Å². The van der Waals surface area contributed by atoms with Gasteiger partial charge in [-0.05, 0) is 26.0 Å². The van der Waals surface area contributed by atoms with E-state index in [1.54, 1.807) is 18.0 Å². The van der Waals surface area contributed by atoms with E-state index in [0.29, 0.717) is 51.0 Å². The van der Waals surface area contributed by atoms with Gasteiger partial charge < -0.3 is 19.3 Å². The molecule has 1 spiro atoms. The highest BCUT2D eigenvalue weighted by Gasteiger charge is 2.40. The number of alkyl halides is 3. The molecule has 0 N–H and O–H groups in total. The van der Waals surface area contributed by atoms with Gasteiger partial charge in [-0.25, -0.2) is 14.3 Å². The van der Waals surface area contributed by atoms with Gasteiger partial charge in [-0.2, -0.15) is 13.2 Å². The zero-order chi connectivity index (χ0) is 23.5. The highest BCUT2D eigenvalue weighted by atomic mass is 32.2. The molecule has 1 saturated carbocycles. The van der Waals surface area contributed by atoms with Crippen molar-refractivity contribution in [1.29, 1.82) is 0 Å². The van der Waals surface area contributed by atoms with Gasteiger partial charge in [0, 0.05) is 45.3 Å². The summed E-state index contributed by atoms with van der Waals surface area (Å²) in [6, 6.07) is 1.70. The van der Waals surface area contributed by atoms with Crippen LogP contribution in [0.2, 0.25) is 0 Å². The van der Waals surface area contributed by atoms with Crippen molar-refractivity contribution in [1.82, 2.24) is 14.3 Å². The lowest BCUT2D eigenvalue weighted by Gasteiger charge is -2.45. The van der Waals surface area contributed by atoms with Crippen LogP contribution in [0, 0.1) is 0 Å². The van der Waals surface area contributed by atoms with E-state index in [9.17, 15) is 13.2 Å². The van der Waals surface area contributed by atoms with E-state index in [4.69, 9.17) is 9.47 Å². The Morgan fingerprint density at radius 1 is 1.18 bits per heavy atom. The van der Waals surface area contributed by atoms with Gasteiger partial charge in [-0.15, -0.1) is 0 Å². The van der Waals surface area contributed by atoms with E-state index in [1.165, 1.54) is 6.42 Å². The first-order valence-corrected chi connectivity index (χ1v) is 13.0. The Kier molecular flexibility index (Phi) is 7.92. The van der Waals surface area contributed by atoms with Crippen LogP contribution in [-0.2, 0) is 15.7 Å². The van der Waals surface area contributed by atoms with Crippen molar-refractivity contribution in [3.8, 4) is 0 Å². The molecule has 0 bridgehead atoms. The molecule has 0 radical (unpaired) electrons. The zero-order valence-electron chi connectivity index (χ0n) is 19.4. The average Bonchev–Trinajstić information content (AvgIpc) is 2.82.